The van der Waals surface area contributed by atoms with Crippen LogP contribution in [-0.4, -0.2) is 5.11 Å². The molecule has 98 valence electrons. The van der Waals surface area contributed by atoms with Crippen LogP contribution in [0.5, 0.6) is 0 Å². The molecule has 2 saturated carbocycles. The number of halogens is 1. The fraction of sp³-hybridized carbons (Fsp3) is 0.625. The van der Waals surface area contributed by atoms with Crippen molar-refractivity contribution in [2.24, 2.45) is 16.7 Å². The highest BCUT2D eigenvalue weighted by Gasteiger charge is 2.68. The second-order valence-electron chi connectivity index (χ2n) is 6.94. The van der Waals surface area contributed by atoms with Crippen molar-refractivity contribution < 1.29 is 9.50 Å². The first-order valence-corrected chi connectivity index (χ1v) is 6.80. The number of benzene rings is 1. The van der Waals surface area contributed by atoms with E-state index in [1.54, 1.807) is 12.1 Å². The molecule has 1 aromatic carbocycles. The van der Waals surface area contributed by atoms with Crippen LogP contribution in [-0.2, 0) is 5.60 Å². The van der Waals surface area contributed by atoms with E-state index in [-0.39, 0.29) is 16.6 Å². The summed E-state index contributed by atoms with van der Waals surface area (Å²) in [6.07, 6.45) is 3.34. The van der Waals surface area contributed by atoms with E-state index in [9.17, 15) is 9.50 Å². The molecule has 0 spiro atoms. The highest BCUT2D eigenvalue weighted by molar-refractivity contribution is 5.33. The van der Waals surface area contributed by atoms with Gasteiger partial charge < -0.3 is 5.11 Å². The standard InChI is InChI=1S/C16H21FO/c1-14(2)12-8-9-15(3,10-12)16(14,18)11-4-6-13(17)7-5-11/h4-7,12,18H,8-10H2,1-3H3. The average molecular weight is 248 g/mol. The van der Waals surface area contributed by atoms with Crippen LogP contribution in [0.2, 0.25) is 0 Å². The van der Waals surface area contributed by atoms with Crippen molar-refractivity contribution in [3.63, 3.8) is 0 Å². The summed E-state index contributed by atoms with van der Waals surface area (Å²) in [5.41, 5.74) is -0.174. The number of rotatable bonds is 1. The molecule has 1 N–H and O–H groups in total. The van der Waals surface area contributed by atoms with Crippen molar-refractivity contribution in [2.45, 2.75) is 45.6 Å². The predicted molar refractivity (Wildman–Crippen MR) is 69.5 cm³/mol. The van der Waals surface area contributed by atoms with Gasteiger partial charge in [0.2, 0.25) is 0 Å². The van der Waals surface area contributed by atoms with Gasteiger partial charge >= 0.3 is 0 Å². The van der Waals surface area contributed by atoms with Crippen molar-refractivity contribution in [3.8, 4) is 0 Å². The molecule has 3 atom stereocenters. The average Bonchev–Trinajstić information content (AvgIpc) is 2.78. The van der Waals surface area contributed by atoms with Gasteiger partial charge in [0.1, 0.15) is 11.4 Å². The van der Waals surface area contributed by atoms with E-state index in [0.29, 0.717) is 5.92 Å². The van der Waals surface area contributed by atoms with E-state index in [1.807, 2.05) is 0 Å². The molecular formula is C16H21FO. The monoisotopic (exact) mass is 248 g/mol. The first-order valence-electron chi connectivity index (χ1n) is 6.80. The Bertz CT molecular complexity index is 472. The van der Waals surface area contributed by atoms with Crippen molar-refractivity contribution in [3.05, 3.63) is 35.6 Å². The number of hydrogen-bond donors (Lipinski definition) is 1. The lowest BCUT2D eigenvalue weighted by Crippen LogP contribution is -2.51. The first kappa shape index (κ1) is 12.2. The van der Waals surface area contributed by atoms with Gasteiger partial charge in [-0.2, -0.15) is 0 Å². The van der Waals surface area contributed by atoms with Crippen molar-refractivity contribution >= 4 is 0 Å². The van der Waals surface area contributed by atoms with Gasteiger partial charge in [0.05, 0.1) is 0 Å². The summed E-state index contributed by atoms with van der Waals surface area (Å²) < 4.78 is 13.1. The summed E-state index contributed by atoms with van der Waals surface area (Å²) in [7, 11) is 0. The highest BCUT2D eigenvalue weighted by Crippen LogP contribution is 2.71. The maximum absolute atomic E-state index is 13.1. The normalized spacial score (nSPS) is 41.3. The third-order valence-electron chi connectivity index (χ3n) is 5.83. The molecular weight excluding hydrogens is 227 g/mol. The van der Waals surface area contributed by atoms with E-state index in [0.717, 1.165) is 18.4 Å². The predicted octanol–water partition coefficient (Wildman–Crippen LogP) is 3.86. The van der Waals surface area contributed by atoms with Crippen LogP contribution in [0.3, 0.4) is 0 Å². The Labute approximate surface area is 108 Å². The van der Waals surface area contributed by atoms with Gasteiger partial charge in [-0.05, 0) is 42.9 Å². The minimum atomic E-state index is -0.837. The molecule has 2 bridgehead atoms. The quantitative estimate of drug-likeness (QED) is 0.800. The minimum Gasteiger partial charge on any atom is -0.384 e. The lowest BCUT2D eigenvalue weighted by atomic mass is 9.58. The van der Waals surface area contributed by atoms with Gasteiger partial charge in [-0.25, -0.2) is 4.39 Å². The number of hydrogen-bond acceptors (Lipinski definition) is 1. The van der Waals surface area contributed by atoms with Crippen molar-refractivity contribution in [1.29, 1.82) is 0 Å². The van der Waals surface area contributed by atoms with E-state index < -0.39 is 5.60 Å². The van der Waals surface area contributed by atoms with E-state index in [4.69, 9.17) is 0 Å². The van der Waals surface area contributed by atoms with Gasteiger partial charge in [0.25, 0.3) is 0 Å². The van der Waals surface area contributed by atoms with Crippen LogP contribution >= 0.6 is 0 Å². The maximum atomic E-state index is 13.1. The molecule has 3 rings (SSSR count). The molecule has 3 unspecified atom stereocenters. The second-order valence-corrected chi connectivity index (χ2v) is 6.94. The van der Waals surface area contributed by atoms with Crippen LogP contribution in [0.15, 0.2) is 24.3 Å². The van der Waals surface area contributed by atoms with E-state index >= 15 is 0 Å². The molecule has 0 heterocycles. The number of aliphatic hydroxyl groups is 1. The summed E-state index contributed by atoms with van der Waals surface area (Å²) in [4.78, 5) is 0. The zero-order valence-electron chi connectivity index (χ0n) is 11.3. The summed E-state index contributed by atoms with van der Waals surface area (Å²) in [5, 5.41) is 11.4. The molecule has 0 aromatic heterocycles. The van der Waals surface area contributed by atoms with Gasteiger partial charge in [-0.15, -0.1) is 0 Å². The molecule has 0 amide bonds. The molecule has 2 aliphatic rings. The van der Waals surface area contributed by atoms with E-state index in [1.165, 1.54) is 18.6 Å². The Kier molecular flexibility index (Phi) is 2.27. The third-order valence-corrected chi connectivity index (χ3v) is 5.83. The van der Waals surface area contributed by atoms with Gasteiger partial charge in [0, 0.05) is 10.8 Å². The Morgan fingerprint density at radius 2 is 1.78 bits per heavy atom. The van der Waals surface area contributed by atoms with Crippen LogP contribution in [0.4, 0.5) is 4.39 Å². The number of fused-ring (bicyclic) bond motifs is 2. The van der Waals surface area contributed by atoms with Gasteiger partial charge in [-0.3, -0.25) is 0 Å². The molecule has 2 aliphatic carbocycles. The summed E-state index contributed by atoms with van der Waals surface area (Å²) in [6, 6.07) is 6.42. The Balaban J connectivity index is 2.16. The fourth-order valence-corrected chi connectivity index (χ4v) is 4.67. The molecule has 18 heavy (non-hydrogen) atoms. The highest BCUT2D eigenvalue weighted by atomic mass is 19.1. The Morgan fingerprint density at radius 3 is 2.28 bits per heavy atom. The van der Waals surface area contributed by atoms with Crippen LogP contribution in [0.25, 0.3) is 0 Å². The summed E-state index contributed by atoms with van der Waals surface area (Å²) in [6.45, 7) is 6.50. The van der Waals surface area contributed by atoms with Crippen LogP contribution in [0.1, 0.15) is 45.6 Å². The topological polar surface area (TPSA) is 20.2 Å². The van der Waals surface area contributed by atoms with Crippen molar-refractivity contribution in [1.82, 2.24) is 0 Å². The zero-order valence-corrected chi connectivity index (χ0v) is 11.3. The first-order chi connectivity index (χ1) is 8.31. The zero-order chi connectivity index (χ0) is 13.2. The van der Waals surface area contributed by atoms with E-state index in [2.05, 4.69) is 20.8 Å². The lowest BCUT2D eigenvalue weighted by Gasteiger charge is -2.51. The molecule has 1 nitrogen and oxygen atoms in total. The van der Waals surface area contributed by atoms with Gasteiger partial charge in [-0.1, -0.05) is 32.9 Å². The van der Waals surface area contributed by atoms with Crippen LogP contribution in [0, 0.1) is 22.6 Å². The summed E-state index contributed by atoms with van der Waals surface area (Å²) in [5.74, 6) is 0.325. The van der Waals surface area contributed by atoms with Gasteiger partial charge in [0.15, 0.2) is 0 Å². The smallest absolute Gasteiger partial charge is 0.123 e. The third kappa shape index (κ3) is 1.20. The summed E-state index contributed by atoms with van der Waals surface area (Å²) >= 11 is 0. The lowest BCUT2D eigenvalue weighted by molar-refractivity contribution is -0.150. The van der Waals surface area contributed by atoms with Crippen LogP contribution < -0.4 is 0 Å². The molecule has 2 fully saturated rings. The molecule has 1 aromatic rings. The minimum absolute atomic E-state index is 0.0704. The second kappa shape index (κ2) is 3.36. The largest absolute Gasteiger partial charge is 0.384 e. The molecule has 0 saturated heterocycles. The SMILES string of the molecule is CC12CCC(C1)C(C)(C)C2(O)c1ccc(F)cc1. The Morgan fingerprint density at radius 1 is 1.17 bits per heavy atom. The molecule has 0 radical (unpaired) electrons. The Hall–Kier alpha value is -0.890. The molecule has 0 aliphatic heterocycles. The maximum Gasteiger partial charge on any atom is 0.123 e. The fourth-order valence-electron chi connectivity index (χ4n) is 4.67. The molecule has 2 heteroatoms. The van der Waals surface area contributed by atoms with Crippen molar-refractivity contribution in [2.75, 3.05) is 0 Å².